The van der Waals surface area contributed by atoms with Crippen molar-refractivity contribution >= 4 is 34.4 Å². The molecule has 1 aliphatic carbocycles. The van der Waals surface area contributed by atoms with Gasteiger partial charge in [0, 0.05) is 42.4 Å². The molecule has 15 heavy (non-hydrogen) atoms. The number of Topliss-reactive ketones (excluding diaryl/α,β-unsaturated/α-hetero) is 1. The standard InChI is InChI=1S/C11H14INO2/c1-8(14)11-4-2-10(15)6-9(11)3-5-13(12)7-11/h6H,2-5,7H2,1H3. The zero-order valence-electron chi connectivity index (χ0n) is 8.75. The van der Waals surface area contributed by atoms with Crippen LogP contribution in [0.15, 0.2) is 11.6 Å². The Morgan fingerprint density at radius 3 is 2.93 bits per heavy atom. The molecule has 1 heterocycles. The van der Waals surface area contributed by atoms with Gasteiger partial charge in [0.25, 0.3) is 0 Å². The van der Waals surface area contributed by atoms with Gasteiger partial charge in [0.15, 0.2) is 5.78 Å². The van der Waals surface area contributed by atoms with Gasteiger partial charge in [-0.15, -0.1) is 0 Å². The SMILES string of the molecule is CC(=O)C12CCC(=O)C=C1CCN(I)C2. The second-order valence-corrected chi connectivity index (χ2v) is 5.73. The van der Waals surface area contributed by atoms with Crippen molar-refractivity contribution in [1.29, 1.82) is 0 Å². The maximum atomic E-state index is 11.8. The minimum Gasteiger partial charge on any atom is -0.299 e. The molecule has 0 aromatic heterocycles. The highest BCUT2D eigenvalue weighted by Gasteiger charge is 2.45. The number of nitrogens with zero attached hydrogens (tertiary/aromatic N) is 1. The lowest BCUT2D eigenvalue weighted by Crippen LogP contribution is -2.47. The van der Waals surface area contributed by atoms with Gasteiger partial charge in [0.2, 0.25) is 0 Å². The van der Waals surface area contributed by atoms with Gasteiger partial charge >= 0.3 is 0 Å². The molecule has 82 valence electrons. The third-order valence-electron chi connectivity index (χ3n) is 3.49. The van der Waals surface area contributed by atoms with Gasteiger partial charge in [-0.25, -0.2) is 3.11 Å². The van der Waals surface area contributed by atoms with Gasteiger partial charge in [-0.2, -0.15) is 0 Å². The summed E-state index contributed by atoms with van der Waals surface area (Å²) in [7, 11) is 0. The summed E-state index contributed by atoms with van der Waals surface area (Å²) in [4.78, 5) is 23.2. The molecule has 0 bridgehead atoms. The highest BCUT2D eigenvalue weighted by atomic mass is 127. The van der Waals surface area contributed by atoms with E-state index in [1.807, 2.05) is 0 Å². The smallest absolute Gasteiger partial charge is 0.155 e. The third-order valence-corrected chi connectivity index (χ3v) is 4.31. The summed E-state index contributed by atoms with van der Waals surface area (Å²) in [6.07, 6.45) is 3.79. The molecule has 0 radical (unpaired) electrons. The van der Waals surface area contributed by atoms with Gasteiger partial charge in [-0.3, -0.25) is 9.59 Å². The van der Waals surface area contributed by atoms with Crippen molar-refractivity contribution in [3.8, 4) is 0 Å². The second kappa shape index (κ2) is 3.97. The number of carbonyl (C=O) groups excluding carboxylic acids is 2. The number of piperidine rings is 1. The van der Waals surface area contributed by atoms with Crippen LogP contribution in [-0.2, 0) is 9.59 Å². The molecule has 2 aliphatic rings. The van der Waals surface area contributed by atoms with E-state index in [1.165, 1.54) is 0 Å². The summed E-state index contributed by atoms with van der Waals surface area (Å²) < 4.78 is 2.16. The maximum absolute atomic E-state index is 11.8. The number of rotatable bonds is 1. The monoisotopic (exact) mass is 319 g/mol. The fourth-order valence-corrected chi connectivity index (χ4v) is 3.34. The lowest BCUT2D eigenvalue weighted by atomic mass is 9.67. The molecule has 0 N–H and O–H groups in total. The van der Waals surface area contributed by atoms with E-state index in [-0.39, 0.29) is 17.0 Å². The first-order valence-electron chi connectivity index (χ1n) is 5.20. The van der Waals surface area contributed by atoms with Crippen molar-refractivity contribution in [2.24, 2.45) is 5.41 Å². The van der Waals surface area contributed by atoms with E-state index >= 15 is 0 Å². The van der Waals surface area contributed by atoms with Gasteiger partial charge in [0.05, 0.1) is 5.41 Å². The van der Waals surface area contributed by atoms with E-state index < -0.39 is 0 Å². The summed E-state index contributed by atoms with van der Waals surface area (Å²) >= 11 is 2.26. The predicted molar refractivity (Wildman–Crippen MR) is 65.6 cm³/mol. The largest absolute Gasteiger partial charge is 0.299 e. The van der Waals surface area contributed by atoms with Gasteiger partial charge in [-0.05, 0) is 25.8 Å². The molecule has 1 fully saturated rings. The molecular formula is C11H14INO2. The van der Waals surface area contributed by atoms with Crippen LogP contribution in [0, 0.1) is 5.41 Å². The molecule has 1 aliphatic heterocycles. The number of hydrogen-bond donors (Lipinski definition) is 0. The van der Waals surface area contributed by atoms with Crippen LogP contribution in [0.1, 0.15) is 26.2 Å². The summed E-state index contributed by atoms with van der Waals surface area (Å²) in [5.74, 6) is 0.395. The quantitative estimate of drug-likeness (QED) is 0.547. The third kappa shape index (κ3) is 1.89. The minimum absolute atomic E-state index is 0.184. The lowest BCUT2D eigenvalue weighted by molar-refractivity contribution is -0.127. The topological polar surface area (TPSA) is 37.4 Å². The average molecular weight is 319 g/mol. The molecule has 1 atom stereocenters. The van der Waals surface area contributed by atoms with Crippen molar-refractivity contribution in [3.63, 3.8) is 0 Å². The van der Waals surface area contributed by atoms with Gasteiger partial charge in [0.1, 0.15) is 5.78 Å². The van der Waals surface area contributed by atoms with Crippen LogP contribution < -0.4 is 0 Å². The maximum Gasteiger partial charge on any atom is 0.155 e. The Morgan fingerprint density at radius 1 is 1.53 bits per heavy atom. The Hall–Kier alpha value is -0.230. The average Bonchev–Trinajstić information content (AvgIpc) is 2.18. The van der Waals surface area contributed by atoms with Crippen LogP contribution in [0.3, 0.4) is 0 Å². The highest BCUT2D eigenvalue weighted by Crippen LogP contribution is 2.43. The molecule has 0 spiro atoms. The van der Waals surface area contributed by atoms with E-state index in [0.29, 0.717) is 12.8 Å². The van der Waals surface area contributed by atoms with Crippen molar-refractivity contribution in [2.45, 2.75) is 26.2 Å². The van der Waals surface area contributed by atoms with Gasteiger partial charge in [-0.1, -0.05) is 5.57 Å². The summed E-state index contributed by atoms with van der Waals surface area (Å²) in [5, 5.41) is 0. The molecule has 0 aromatic carbocycles. The molecular weight excluding hydrogens is 305 g/mol. The number of halogens is 1. The van der Waals surface area contributed by atoms with Gasteiger partial charge < -0.3 is 0 Å². The Kier molecular flexibility index (Phi) is 2.98. The van der Waals surface area contributed by atoms with Crippen LogP contribution in [0.25, 0.3) is 0 Å². The Bertz CT molecular complexity index is 350. The molecule has 4 heteroatoms. The zero-order chi connectivity index (χ0) is 11.1. The number of carbonyl (C=O) groups is 2. The van der Waals surface area contributed by atoms with E-state index in [2.05, 4.69) is 26.0 Å². The molecule has 0 saturated carbocycles. The summed E-state index contributed by atoms with van der Waals surface area (Å²) in [6, 6.07) is 0. The molecule has 1 unspecified atom stereocenters. The van der Waals surface area contributed by atoms with Crippen molar-refractivity contribution in [1.82, 2.24) is 3.11 Å². The lowest BCUT2D eigenvalue weighted by Gasteiger charge is -2.42. The first kappa shape index (κ1) is 11.3. The Balaban J connectivity index is 2.40. The molecule has 1 saturated heterocycles. The minimum atomic E-state index is -0.354. The normalized spacial score (nSPS) is 32.1. The van der Waals surface area contributed by atoms with Crippen molar-refractivity contribution < 1.29 is 9.59 Å². The van der Waals surface area contributed by atoms with Crippen LogP contribution in [0.2, 0.25) is 0 Å². The fraction of sp³-hybridized carbons (Fsp3) is 0.636. The second-order valence-electron chi connectivity index (χ2n) is 4.37. The van der Waals surface area contributed by atoms with Crippen molar-refractivity contribution in [2.75, 3.05) is 13.1 Å². The Labute approximate surface area is 103 Å². The zero-order valence-corrected chi connectivity index (χ0v) is 10.9. The first-order valence-corrected chi connectivity index (χ1v) is 6.17. The van der Waals surface area contributed by atoms with Crippen LogP contribution in [0.4, 0.5) is 0 Å². The van der Waals surface area contributed by atoms with E-state index in [9.17, 15) is 9.59 Å². The van der Waals surface area contributed by atoms with Crippen LogP contribution in [0.5, 0.6) is 0 Å². The van der Waals surface area contributed by atoms with E-state index in [0.717, 1.165) is 25.1 Å². The first-order chi connectivity index (χ1) is 7.04. The molecule has 3 nitrogen and oxygen atoms in total. The Morgan fingerprint density at radius 2 is 2.27 bits per heavy atom. The number of allylic oxidation sites excluding steroid dienone is 1. The molecule has 0 aromatic rings. The fourth-order valence-electron chi connectivity index (χ4n) is 2.52. The van der Waals surface area contributed by atoms with E-state index in [4.69, 9.17) is 0 Å². The highest BCUT2D eigenvalue weighted by molar-refractivity contribution is 14.1. The van der Waals surface area contributed by atoms with E-state index in [1.54, 1.807) is 13.0 Å². The van der Waals surface area contributed by atoms with Crippen molar-refractivity contribution in [3.05, 3.63) is 11.6 Å². The van der Waals surface area contributed by atoms with Crippen LogP contribution >= 0.6 is 22.9 Å². The number of fused-ring (bicyclic) bond motifs is 1. The predicted octanol–water partition coefficient (Wildman–Crippen LogP) is 1.91. The number of hydrogen-bond acceptors (Lipinski definition) is 3. The summed E-state index contributed by atoms with van der Waals surface area (Å²) in [5.41, 5.74) is 0.715. The molecule has 2 rings (SSSR count). The molecule has 0 amide bonds. The summed E-state index contributed by atoms with van der Waals surface area (Å²) in [6.45, 7) is 3.36. The van der Waals surface area contributed by atoms with Crippen LogP contribution in [-0.4, -0.2) is 27.8 Å². The number of ketones is 2.